The van der Waals surface area contributed by atoms with Crippen LogP contribution in [0.3, 0.4) is 0 Å². The van der Waals surface area contributed by atoms with Crippen molar-refractivity contribution in [1.29, 1.82) is 0 Å². The van der Waals surface area contributed by atoms with Gasteiger partial charge in [0, 0.05) is 54.3 Å². The minimum Gasteiger partial charge on any atom is -0.361 e. The van der Waals surface area contributed by atoms with Crippen LogP contribution in [-0.2, 0) is 38.5 Å². The van der Waals surface area contributed by atoms with Crippen molar-refractivity contribution in [3.05, 3.63) is 106 Å². The van der Waals surface area contributed by atoms with Gasteiger partial charge >= 0.3 is 6.18 Å². The zero-order chi connectivity index (χ0) is 28.0. The van der Waals surface area contributed by atoms with Gasteiger partial charge < -0.3 is 4.98 Å². The first-order chi connectivity index (χ1) is 19.3. The van der Waals surface area contributed by atoms with Gasteiger partial charge in [0.1, 0.15) is 0 Å². The molecule has 0 atom stereocenters. The monoisotopic (exact) mass is 542 g/mol. The highest BCUT2D eigenvalue weighted by molar-refractivity contribution is 5.85. The molecule has 5 aromatic rings. The van der Waals surface area contributed by atoms with Crippen molar-refractivity contribution in [3.63, 3.8) is 0 Å². The normalized spacial score (nSPS) is 14.2. The number of aromatic nitrogens is 3. The van der Waals surface area contributed by atoms with Crippen LogP contribution >= 0.6 is 0 Å². The van der Waals surface area contributed by atoms with Crippen molar-refractivity contribution < 1.29 is 13.2 Å². The molecule has 0 amide bonds. The summed E-state index contributed by atoms with van der Waals surface area (Å²) < 4.78 is 43.8. The third-order valence-corrected chi connectivity index (χ3v) is 8.21. The van der Waals surface area contributed by atoms with E-state index in [0.717, 1.165) is 51.9 Å². The number of halogens is 3. The number of hydrogen-bond donors (Lipinski definition) is 1. The summed E-state index contributed by atoms with van der Waals surface area (Å²) in [6.45, 7) is 7.53. The Morgan fingerprint density at radius 2 is 1.70 bits per heavy atom. The van der Waals surface area contributed by atoms with Crippen molar-refractivity contribution in [3.8, 4) is 16.9 Å². The second-order valence-electron chi connectivity index (χ2n) is 10.7. The van der Waals surface area contributed by atoms with Crippen molar-refractivity contribution in [2.45, 2.75) is 59.3 Å². The molecular formula is C33H33F3N4. The minimum atomic E-state index is -4.38. The van der Waals surface area contributed by atoms with Crippen LogP contribution in [0, 0.1) is 6.92 Å². The summed E-state index contributed by atoms with van der Waals surface area (Å²) in [6, 6.07) is 19.3. The number of aromatic amines is 1. The maximum Gasteiger partial charge on any atom is 0.416 e. The van der Waals surface area contributed by atoms with Gasteiger partial charge in [0.05, 0.1) is 22.6 Å². The number of aryl methyl sites for hydroxylation is 3. The number of fused-ring (bicyclic) bond motifs is 2. The number of rotatable bonds is 6. The molecule has 40 heavy (non-hydrogen) atoms. The van der Waals surface area contributed by atoms with E-state index in [1.165, 1.54) is 23.3 Å². The SMILES string of the molecule is CCc1cccc(CC)c1-n1nc2c(c1-c1ccc3[nH]ccc3c1)CN(Cc1c(C)cccc1C(F)(F)F)CC2. The van der Waals surface area contributed by atoms with E-state index in [4.69, 9.17) is 5.10 Å². The van der Waals surface area contributed by atoms with Gasteiger partial charge in [0.15, 0.2) is 0 Å². The first kappa shape index (κ1) is 26.4. The fourth-order valence-corrected chi connectivity index (χ4v) is 6.11. The molecule has 2 aromatic heterocycles. The van der Waals surface area contributed by atoms with Crippen LogP contribution in [-0.4, -0.2) is 26.2 Å². The summed E-state index contributed by atoms with van der Waals surface area (Å²) in [4.78, 5) is 5.41. The summed E-state index contributed by atoms with van der Waals surface area (Å²) >= 11 is 0. The maximum atomic E-state index is 13.9. The van der Waals surface area contributed by atoms with Crippen LogP contribution < -0.4 is 0 Å². The lowest BCUT2D eigenvalue weighted by molar-refractivity contribution is -0.138. The van der Waals surface area contributed by atoms with Gasteiger partial charge in [-0.15, -0.1) is 0 Å². The third-order valence-electron chi connectivity index (χ3n) is 8.21. The Balaban J connectivity index is 1.49. The van der Waals surface area contributed by atoms with E-state index in [1.807, 2.05) is 6.20 Å². The van der Waals surface area contributed by atoms with Crippen molar-refractivity contribution >= 4 is 10.9 Å². The molecule has 0 bridgehead atoms. The number of nitrogens with one attached hydrogen (secondary N) is 1. The Hall–Kier alpha value is -3.84. The predicted octanol–water partition coefficient (Wildman–Crippen LogP) is 8.03. The second kappa shape index (κ2) is 10.3. The number of hydrogen-bond acceptors (Lipinski definition) is 2. The Morgan fingerprint density at radius 3 is 2.42 bits per heavy atom. The predicted molar refractivity (Wildman–Crippen MR) is 154 cm³/mol. The maximum absolute atomic E-state index is 13.9. The van der Waals surface area contributed by atoms with Crippen LogP contribution in [0.15, 0.2) is 66.9 Å². The molecule has 4 nitrogen and oxygen atoms in total. The first-order valence-corrected chi connectivity index (χ1v) is 14.0. The molecule has 0 saturated carbocycles. The van der Waals surface area contributed by atoms with Crippen LogP contribution in [0.1, 0.15) is 52.9 Å². The molecule has 7 heteroatoms. The number of benzene rings is 3. The van der Waals surface area contributed by atoms with Crippen molar-refractivity contribution in [1.82, 2.24) is 19.7 Å². The molecule has 6 rings (SSSR count). The smallest absolute Gasteiger partial charge is 0.361 e. The van der Waals surface area contributed by atoms with Gasteiger partial charge in [-0.05, 0) is 66.3 Å². The molecule has 0 unspecified atom stereocenters. The molecule has 1 N–H and O–H groups in total. The van der Waals surface area contributed by atoms with Gasteiger partial charge in [-0.2, -0.15) is 18.3 Å². The fourth-order valence-electron chi connectivity index (χ4n) is 6.11. The van der Waals surface area contributed by atoms with Crippen LogP contribution in [0.2, 0.25) is 0 Å². The molecule has 0 aliphatic carbocycles. The highest BCUT2D eigenvalue weighted by atomic mass is 19.4. The van der Waals surface area contributed by atoms with Gasteiger partial charge in [-0.1, -0.05) is 50.2 Å². The van der Waals surface area contributed by atoms with Gasteiger partial charge in [0.2, 0.25) is 0 Å². The highest BCUT2D eigenvalue weighted by Gasteiger charge is 2.35. The molecule has 1 aliphatic heterocycles. The number of nitrogens with zero attached hydrogens (tertiary/aromatic N) is 3. The average molecular weight is 543 g/mol. The van der Waals surface area contributed by atoms with Crippen LogP contribution in [0.5, 0.6) is 0 Å². The molecule has 206 valence electrons. The largest absolute Gasteiger partial charge is 0.416 e. The summed E-state index contributed by atoms with van der Waals surface area (Å²) in [5.41, 5.74) is 9.32. The molecule has 0 spiro atoms. The molecule has 3 aromatic carbocycles. The minimum absolute atomic E-state index is 0.244. The Kier molecular flexibility index (Phi) is 6.78. The Labute approximate surface area is 232 Å². The summed E-state index contributed by atoms with van der Waals surface area (Å²) in [7, 11) is 0. The molecule has 1 aliphatic rings. The molecular weight excluding hydrogens is 509 g/mol. The van der Waals surface area contributed by atoms with Crippen LogP contribution in [0.25, 0.3) is 27.8 Å². The summed E-state index contributed by atoms with van der Waals surface area (Å²) in [5.74, 6) is 0. The zero-order valence-corrected chi connectivity index (χ0v) is 23.1. The van der Waals surface area contributed by atoms with E-state index >= 15 is 0 Å². The van der Waals surface area contributed by atoms with E-state index in [0.29, 0.717) is 30.6 Å². The third kappa shape index (κ3) is 4.62. The molecule has 0 saturated heterocycles. The van der Waals surface area contributed by atoms with Crippen LogP contribution in [0.4, 0.5) is 13.2 Å². The zero-order valence-electron chi connectivity index (χ0n) is 23.1. The Bertz CT molecular complexity index is 1670. The standard InChI is InChI=1S/C33H33F3N4/c1-4-22-9-7-10-23(5-2)31(22)40-32(25-12-13-29-24(18-25)14-16-37-29)27-20-39(17-15-30(27)38-40)19-26-21(3)8-6-11-28(26)33(34,35)36/h6-14,16,18,37H,4-5,15,17,19-20H2,1-3H3. The number of para-hydroxylation sites is 1. The topological polar surface area (TPSA) is 36.9 Å². The van der Waals surface area contributed by atoms with E-state index in [9.17, 15) is 13.2 Å². The second-order valence-corrected chi connectivity index (χ2v) is 10.7. The molecule has 0 fully saturated rings. The summed E-state index contributed by atoms with van der Waals surface area (Å²) in [6.07, 6.45) is -0.00633. The Morgan fingerprint density at radius 1 is 0.950 bits per heavy atom. The number of alkyl halides is 3. The first-order valence-electron chi connectivity index (χ1n) is 14.0. The lowest BCUT2D eigenvalue weighted by Crippen LogP contribution is -2.31. The van der Waals surface area contributed by atoms with Gasteiger partial charge in [0.25, 0.3) is 0 Å². The lowest BCUT2D eigenvalue weighted by Gasteiger charge is -2.29. The van der Waals surface area contributed by atoms with E-state index in [-0.39, 0.29) is 6.54 Å². The highest BCUT2D eigenvalue weighted by Crippen LogP contribution is 2.38. The molecule has 3 heterocycles. The van der Waals surface area contributed by atoms with Gasteiger partial charge in [-0.3, -0.25) is 4.90 Å². The van der Waals surface area contributed by atoms with Crippen molar-refractivity contribution in [2.75, 3.05) is 6.54 Å². The van der Waals surface area contributed by atoms with Crippen molar-refractivity contribution in [2.24, 2.45) is 0 Å². The van der Waals surface area contributed by atoms with E-state index in [1.54, 1.807) is 13.0 Å². The van der Waals surface area contributed by atoms with E-state index in [2.05, 4.69) is 70.9 Å². The fraction of sp³-hybridized carbons (Fsp3) is 0.303. The number of H-pyrrole nitrogens is 1. The lowest BCUT2D eigenvalue weighted by atomic mass is 9.97. The molecule has 0 radical (unpaired) electrons. The van der Waals surface area contributed by atoms with Gasteiger partial charge in [-0.25, -0.2) is 4.68 Å². The van der Waals surface area contributed by atoms with E-state index < -0.39 is 11.7 Å². The summed E-state index contributed by atoms with van der Waals surface area (Å²) in [5, 5.41) is 6.31. The average Bonchev–Trinajstić information content (AvgIpc) is 3.56. The quantitative estimate of drug-likeness (QED) is 0.236.